The maximum Gasteiger partial charge on any atom is 0.230 e. The molecule has 0 unspecified atom stereocenters. The first-order valence-corrected chi connectivity index (χ1v) is 11.1. The van der Waals surface area contributed by atoms with Crippen LogP contribution in [0, 0.1) is 0 Å². The highest BCUT2D eigenvalue weighted by Crippen LogP contribution is 2.31. The molecule has 0 fully saturated rings. The molecule has 3 aromatic rings. The van der Waals surface area contributed by atoms with Gasteiger partial charge in [-0.15, -0.1) is 21.5 Å². The quantitative estimate of drug-likeness (QED) is 0.512. The normalized spacial score (nSPS) is 11.2. The number of hydrogen-bond acceptors (Lipinski definition) is 6. The number of aromatic nitrogens is 4. The first-order valence-electron chi connectivity index (χ1n) is 9.26. The van der Waals surface area contributed by atoms with E-state index in [-0.39, 0.29) is 5.91 Å². The lowest BCUT2D eigenvalue weighted by Gasteiger charge is -2.18. The van der Waals surface area contributed by atoms with E-state index in [1.807, 2.05) is 29.1 Å². The van der Waals surface area contributed by atoms with Crippen molar-refractivity contribution < 1.29 is 4.79 Å². The van der Waals surface area contributed by atoms with E-state index in [2.05, 4.69) is 48.1 Å². The zero-order valence-electron chi connectivity index (χ0n) is 16.8. The molecule has 0 atom stereocenters. The summed E-state index contributed by atoms with van der Waals surface area (Å²) in [6, 6.07) is 8.05. The molecule has 0 aliphatic carbocycles. The minimum atomic E-state index is -0.0484. The van der Waals surface area contributed by atoms with E-state index >= 15 is 0 Å². The number of thiazole rings is 1. The Morgan fingerprint density at radius 3 is 2.54 bits per heavy atom. The van der Waals surface area contributed by atoms with Gasteiger partial charge in [0.15, 0.2) is 10.3 Å². The standard InChI is InChI=1S/C20H25N5OS2/c1-6-15-7-9-17(10-8-15)25(14(4)26)19-21-16(11-27-19)12-28-20-23-22-18(13(2)3)24(20)5/h7-11,13H,6,12H2,1-5H3. The van der Waals surface area contributed by atoms with Gasteiger partial charge in [-0.2, -0.15) is 0 Å². The molecule has 3 rings (SSSR count). The van der Waals surface area contributed by atoms with Gasteiger partial charge in [0.2, 0.25) is 5.91 Å². The van der Waals surface area contributed by atoms with Crippen molar-refractivity contribution in [2.24, 2.45) is 7.05 Å². The number of anilines is 2. The Kier molecular flexibility index (Phi) is 6.51. The van der Waals surface area contributed by atoms with Crippen LogP contribution in [0.2, 0.25) is 0 Å². The van der Waals surface area contributed by atoms with E-state index in [4.69, 9.17) is 0 Å². The summed E-state index contributed by atoms with van der Waals surface area (Å²) >= 11 is 3.08. The Balaban J connectivity index is 1.75. The van der Waals surface area contributed by atoms with Crippen LogP contribution in [-0.4, -0.2) is 25.7 Å². The second-order valence-corrected chi connectivity index (χ2v) is 8.62. The Bertz CT molecular complexity index is 946. The van der Waals surface area contributed by atoms with Crippen LogP contribution in [0.25, 0.3) is 0 Å². The molecule has 0 saturated heterocycles. The molecule has 6 nitrogen and oxygen atoms in total. The number of benzene rings is 1. The summed E-state index contributed by atoms with van der Waals surface area (Å²) in [5, 5.41) is 12.1. The summed E-state index contributed by atoms with van der Waals surface area (Å²) in [4.78, 5) is 18.6. The lowest BCUT2D eigenvalue weighted by molar-refractivity contribution is -0.115. The maximum absolute atomic E-state index is 12.3. The number of aryl methyl sites for hydroxylation is 1. The fraction of sp³-hybridized carbons (Fsp3) is 0.400. The van der Waals surface area contributed by atoms with E-state index in [9.17, 15) is 4.79 Å². The zero-order chi connectivity index (χ0) is 20.3. The van der Waals surface area contributed by atoms with Crippen molar-refractivity contribution in [2.75, 3.05) is 4.90 Å². The van der Waals surface area contributed by atoms with Crippen molar-refractivity contribution in [3.05, 3.63) is 46.7 Å². The maximum atomic E-state index is 12.3. The molecule has 1 amide bonds. The lowest BCUT2D eigenvalue weighted by Crippen LogP contribution is -2.22. The van der Waals surface area contributed by atoms with Crippen LogP contribution in [0.5, 0.6) is 0 Å². The number of nitrogens with zero attached hydrogens (tertiary/aromatic N) is 5. The summed E-state index contributed by atoms with van der Waals surface area (Å²) < 4.78 is 2.03. The number of amides is 1. The molecule has 8 heteroatoms. The zero-order valence-corrected chi connectivity index (χ0v) is 18.5. The fourth-order valence-electron chi connectivity index (χ4n) is 2.87. The van der Waals surface area contributed by atoms with Crippen molar-refractivity contribution in [1.29, 1.82) is 0 Å². The van der Waals surface area contributed by atoms with E-state index < -0.39 is 0 Å². The lowest BCUT2D eigenvalue weighted by atomic mass is 10.1. The highest BCUT2D eigenvalue weighted by atomic mass is 32.2. The van der Waals surface area contributed by atoms with Gasteiger partial charge in [0, 0.05) is 31.0 Å². The summed E-state index contributed by atoms with van der Waals surface area (Å²) in [6.07, 6.45) is 0.972. The smallest absolute Gasteiger partial charge is 0.230 e. The number of hydrogen-bond donors (Lipinski definition) is 0. The largest absolute Gasteiger partial charge is 0.309 e. The summed E-state index contributed by atoms with van der Waals surface area (Å²) in [5.41, 5.74) is 3.01. The van der Waals surface area contributed by atoms with Gasteiger partial charge in [-0.1, -0.05) is 44.7 Å². The molecule has 2 aromatic heterocycles. The van der Waals surface area contributed by atoms with Crippen molar-refractivity contribution in [3.63, 3.8) is 0 Å². The Hall–Kier alpha value is -2.19. The predicted molar refractivity (Wildman–Crippen MR) is 115 cm³/mol. The Morgan fingerprint density at radius 1 is 1.25 bits per heavy atom. The van der Waals surface area contributed by atoms with Crippen LogP contribution in [0.4, 0.5) is 10.8 Å². The summed E-state index contributed by atoms with van der Waals surface area (Å²) in [6.45, 7) is 7.89. The summed E-state index contributed by atoms with van der Waals surface area (Å²) in [5.74, 6) is 1.94. The third kappa shape index (κ3) is 4.44. The topological polar surface area (TPSA) is 63.9 Å². The second kappa shape index (κ2) is 8.87. The van der Waals surface area contributed by atoms with Gasteiger partial charge in [0.25, 0.3) is 0 Å². The molecule has 0 N–H and O–H groups in total. The van der Waals surface area contributed by atoms with Crippen LogP contribution in [0.3, 0.4) is 0 Å². The minimum absolute atomic E-state index is 0.0484. The number of carbonyl (C=O) groups excluding carboxylic acids is 1. The average molecular weight is 416 g/mol. The highest BCUT2D eigenvalue weighted by molar-refractivity contribution is 7.98. The SMILES string of the molecule is CCc1ccc(N(C(C)=O)c2nc(CSc3nnc(C(C)C)n3C)cs2)cc1. The molecule has 0 spiro atoms. The van der Waals surface area contributed by atoms with Gasteiger partial charge in [-0.3, -0.25) is 9.69 Å². The van der Waals surface area contributed by atoms with Gasteiger partial charge < -0.3 is 4.57 Å². The van der Waals surface area contributed by atoms with E-state index in [0.29, 0.717) is 16.8 Å². The molecule has 0 bridgehead atoms. The first-order chi connectivity index (χ1) is 13.4. The first kappa shape index (κ1) is 20.5. The van der Waals surface area contributed by atoms with Crippen LogP contribution < -0.4 is 4.90 Å². The van der Waals surface area contributed by atoms with Crippen molar-refractivity contribution in [2.45, 2.75) is 50.9 Å². The molecular formula is C20H25N5OS2. The van der Waals surface area contributed by atoms with Crippen LogP contribution >= 0.6 is 23.1 Å². The van der Waals surface area contributed by atoms with E-state index in [1.165, 1.54) is 16.9 Å². The minimum Gasteiger partial charge on any atom is -0.309 e. The Labute approximate surface area is 174 Å². The van der Waals surface area contributed by atoms with Gasteiger partial charge in [-0.25, -0.2) is 4.98 Å². The highest BCUT2D eigenvalue weighted by Gasteiger charge is 2.19. The van der Waals surface area contributed by atoms with Crippen molar-refractivity contribution in [1.82, 2.24) is 19.7 Å². The third-order valence-electron chi connectivity index (χ3n) is 4.38. The van der Waals surface area contributed by atoms with Crippen molar-refractivity contribution >= 4 is 39.8 Å². The molecule has 0 aliphatic heterocycles. The predicted octanol–water partition coefficient (Wildman–Crippen LogP) is 4.93. The van der Waals surface area contributed by atoms with E-state index in [1.54, 1.807) is 23.6 Å². The third-order valence-corrected chi connectivity index (χ3v) is 6.31. The molecule has 0 radical (unpaired) electrons. The fourth-order valence-corrected chi connectivity index (χ4v) is 4.67. The van der Waals surface area contributed by atoms with Gasteiger partial charge in [0.05, 0.1) is 11.4 Å². The molecule has 148 valence electrons. The molecule has 0 saturated carbocycles. The Morgan fingerprint density at radius 2 is 1.96 bits per heavy atom. The number of thioether (sulfide) groups is 1. The van der Waals surface area contributed by atoms with Gasteiger partial charge in [0.1, 0.15) is 5.82 Å². The van der Waals surface area contributed by atoms with Crippen LogP contribution in [-0.2, 0) is 24.0 Å². The molecular weight excluding hydrogens is 390 g/mol. The number of rotatable bonds is 7. The van der Waals surface area contributed by atoms with Crippen LogP contribution in [0.15, 0.2) is 34.8 Å². The van der Waals surface area contributed by atoms with Gasteiger partial charge in [-0.05, 0) is 24.1 Å². The van der Waals surface area contributed by atoms with E-state index in [0.717, 1.165) is 28.8 Å². The number of carbonyl (C=O) groups is 1. The molecule has 2 heterocycles. The van der Waals surface area contributed by atoms with Crippen LogP contribution in [0.1, 0.15) is 50.7 Å². The second-order valence-electron chi connectivity index (χ2n) is 6.84. The molecule has 28 heavy (non-hydrogen) atoms. The van der Waals surface area contributed by atoms with Gasteiger partial charge >= 0.3 is 0 Å². The molecule has 0 aliphatic rings. The van der Waals surface area contributed by atoms with Crippen molar-refractivity contribution in [3.8, 4) is 0 Å². The average Bonchev–Trinajstić information content (AvgIpc) is 3.27. The monoisotopic (exact) mass is 415 g/mol. The summed E-state index contributed by atoms with van der Waals surface area (Å²) in [7, 11) is 1.99. The molecule has 1 aromatic carbocycles.